The van der Waals surface area contributed by atoms with E-state index in [1.54, 1.807) is 19.1 Å². The molecule has 0 unspecified atom stereocenters. The summed E-state index contributed by atoms with van der Waals surface area (Å²) in [5.41, 5.74) is 1.13. The van der Waals surface area contributed by atoms with Crippen molar-refractivity contribution < 1.29 is 13.5 Å². The lowest BCUT2D eigenvalue weighted by Crippen LogP contribution is -2.42. The van der Waals surface area contributed by atoms with E-state index in [4.69, 9.17) is 0 Å². The van der Waals surface area contributed by atoms with E-state index in [9.17, 15) is 13.5 Å². The molecular weight excluding hydrogens is 284 g/mol. The second-order valence-corrected chi connectivity index (χ2v) is 9.94. The van der Waals surface area contributed by atoms with Crippen molar-refractivity contribution in [1.29, 1.82) is 0 Å². The Balaban J connectivity index is 2.36. The van der Waals surface area contributed by atoms with Crippen LogP contribution < -0.4 is 0 Å². The third-order valence-corrected chi connectivity index (χ3v) is 7.15. The molecule has 2 atom stereocenters. The molecule has 4 heteroatoms. The molecule has 1 saturated carbocycles. The number of rotatable bonds is 2. The molecule has 0 radical (unpaired) electrons. The maximum atomic E-state index is 12.9. The van der Waals surface area contributed by atoms with E-state index in [0.717, 1.165) is 12.0 Å². The Morgan fingerprint density at radius 2 is 1.76 bits per heavy atom. The lowest BCUT2D eigenvalue weighted by Gasteiger charge is -2.35. The van der Waals surface area contributed by atoms with Crippen molar-refractivity contribution in [2.45, 2.75) is 74.5 Å². The highest BCUT2D eigenvalue weighted by molar-refractivity contribution is 7.92. The first-order valence-corrected chi connectivity index (χ1v) is 9.08. The fourth-order valence-corrected chi connectivity index (χ4v) is 4.97. The highest BCUT2D eigenvalue weighted by Crippen LogP contribution is 2.39. The van der Waals surface area contributed by atoms with E-state index in [0.29, 0.717) is 24.2 Å². The summed E-state index contributed by atoms with van der Waals surface area (Å²) in [4.78, 5) is 0.368. The van der Waals surface area contributed by atoms with Gasteiger partial charge in [0.05, 0.1) is 15.7 Å². The summed E-state index contributed by atoms with van der Waals surface area (Å²) in [5, 5.41) is 9.84. The Morgan fingerprint density at radius 3 is 2.24 bits per heavy atom. The Kier molecular flexibility index (Phi) is 4.24. The average molecular weight is 310 g/mol. The summed E-state index contributed by atoms with van der Waals surface area (Å²) < 4.78 is 25.0. The summed E-state index contributed by atoms with van der Waals surface area (Å²) in [6, 6.07) is 7.22. The van der Waals surface area contributed by atoms with Crippen molar-refractivity contribution in [2.75, 3.05) is 0 Å². The average Bonchev–Trinajstić information content (AvgIpc) is 2.37. The van der Waals surface area contributed by atoms with Gasteiger partial charge in [-0.15, -0.1) is 0 Å². The van der Waals surface area contributed by atoms with Crippen LogP contribution in [0.5, 0.6) is 0 Å². The van der Waals surface area contributed by atoms with Crippen LogP contribution in [0.1, 0.15) is 58.9 Å². The quantitative estimate of drug-likeness (QED) is 0.910. The van der Waals surface area contributed by atoms with Crippen LogP contribution >= 0.6 is 0 Å². The molecule has 1 aliphatic rings. The van der Waals surface area contributed by atoms with Gasteiger partial charge in [0.2, 0.25) is 0 Å². The zero-order chi connectivity index (χ0) is 15.9. The lowest BCUT2D eigenvalue weighted by molar-refractivity contribution is 0.113. The number of benzene rings is 1. The van der Waals surface area contributed by atoms with Crippen LogP contribution in [0.15, 0.2) is 29.2 Å². The number of hydrogen-bond donors (Lipinski definition) is 1. The highest BCUT2D eigenvalue weighted by Gasteiger charge is 2.43. The van der Waals surface area contributed by atoms with Gasteiger partial charge in [-0.25, -0.2) is 8.42 Å². The largest absolute Gasteiger partial charge is 0.393 e. The minimum Gasteiger partial charge on any atom is -0.393 e. The van der Waals surface area contributed by atoms with Gasteiger partial charge < -0.3 is 5.11 Å². The molecule has 0 aliphatic heterocycles. The molecular formula is C17H26O3S. The molecule has 3 nitrogen and oxygen atoms in total. The first-order valence-electron chi connectivity index (χ1n) is 7.59. The molecule has 118 valence electrons. The molecule has 1 aromatic rings. The second-order valence-electron chi connectivity index (χ2n) is 7.48. The Bertz CT molecular complexity index is 596. The van der Waals surface area contributed by atoms with Gasteiger partial charge in [-0.3, -0.25) is 0 Å². The Morgan fingerprint density at radius 1 is 1.19 bits per heavy atom. The maximum absolute atomic E-state index is 12.9. The molecule has 1 fully saturated rings. The third kappa shape index (κ3) is 3.16. The SMILES string of the molecule is CC(C)(C)c1ccc(S(=O)(=O)[C@]2(C)CCC[C@H](O)C2)cc1. The fourth-order valence-electron chi connectivity index (χ4n) is 3.08. The van der Waals surface area contributed by atoms with Crippen LogP contribution in [0, 0.1) is 0 Å². The third-order valence-electron chi connectivity index (χ3n) is 4.59. The number of sulfone groups is 1. The second kappa shape index (κ2) is 5.40. The zero-order valence-electron chi connectivity index (χ0n) is 13.4. The Labute approximate surface area is 128 Å². The molecule has 2 rings (SSSR count). The number of aliphatic hydroxyl groups is 1. The summed E-state index contributed by atoms with van der Waals surface area (Å²) in [5.74, 6) is 0. The van der Waals surface area contributed by atoms with E-state index in [-0.39, 0.29) is 5.41 Å². The standard InChI is InChI=1S/C17H26O3S/c1-16(2,3)13-7-9-15(10-8-13)21(19,20)17(4)11-5-6-14(18)12-17/h7-10,14,18H,5-6,11-12H2,1-4H3/t14-,17+/m0/s1. The summed E-state index contributed by atoms with van der Waals surface area (Å²) in [7, 11) is -3.42. The van der Waals surface area contributed by atoms with Crippen LogP contribution in [0.3, 0.4) is 0 Å². The molecule has 1 aromatic carbocycles. The molecule has 0 bridgehead atoms. The molecule has 21 heavy (non-hydrogen) atoms. The topological polar surface area (TPSA) is 54.4 Å². The zero-order valence-corrected chi connectivity index (χ0v) is 14.2. The molecule has 0 amide bonds. The van der Waals surface area contributed by atoms with Gasteiger partial charge in [-0.1, -0.05) is 32.9 Å². The fraction of sp³-hybridized carbons (Fsp3) is 0.647. The van der Waals surface area contributed by atoms with Gasteiger partial charge in [0.15, 0.2) is 9.84 Å². The predicted molar refractivity (Wildman–Crippen MR) is 85.2 cm³/mol. The minimum absolute atomic E-state index is 0.00717. The van der Waals surface area contributed by atoms with Crippen LogP contribution in [0.4, 0.5) is 0 Å². The summed E-state index contributed by atoms with van der Waals surface area (Å²) in [6.07, 6.45) is 1.90. The van der Waals surface area contributed by atoms with E-state index in [1.807, 2.05) is 12.1 Å². The van der Waals surface area contributed by atoms with Crippen molar-refractivity contribution in [2.24, 2.45) is 0 Å². The monoisotopic (exact) mass is 310 g/mol. The van der Waals surface area contributed by atoms with Crippen molar-refractivity contribution in [3.05, 3.63) is 29.8 Å². The predicted octanol–water partition coefficient (Wildman–Crippen LogP) is 3.45. The van der Waals surface area contributed by atoms with Gasteiger partial charge in [0, 0.05) is 0 Å². The maximum Gasteiger partial charge on any atom is 0.183 e. The van der Waals surface area contributed by atoms with Gasteiger partial charge in [0.1, 0.15) is 0 Å². The van der Waals surface area contributed by atoms with Crippen molar-refractivity contribution in [1.82, 2.24) is 0 Å². The molecule has 1 N–H and O–H groups in total. The van der Waals surface area contributed by atoms with E-state index >= 15 is 0 Å². The molecule has 0 aromatic heterocycles. The van der Waals surface area contributed by atoms with Crippen molar-refractivity contribution in [3.8, 4) is 0 Å². The number of hydrogen-bond acceptors (Lipinski definition) is 3. The van der Waals surface area contributed by atoms with E-state index in [1.165, 1.54) is 0 Å². The van der Waals surface area contributed by atoms with Gasteiger partial charge in [-0.05, 0) is 55.7 Å². The first-order chi connectivity index (χ1) is 9.56. The van der Waals surface area contributed by atoms with Crippen LogP contribution in [-0.4, -0.2) is 24.4 Å². The van der Waals surface area contributed by atoms with Gasteiger partial charge in [0.25, 0.3) is 0 Å². The summed E-state index contributed by atoms with van der Waals surface area (Å²) in [6.45, 7) is 8.09. The van der Waals surface area contributed by atoms with Crippen molar-refractivity contribution in [3.63, 3.8) is 0 Å². The van der Waals surface area contributed by atoms with Crippen LogP contribution in [0.25, 0.3) is 0 Å². The van der Waals surface area contributed by atoms with E-state index in [2.05, 4.69) is 20.8 Å². The lowest BCUT2D eigenvalue weighted by atomic mass is 9.87. The van der Waals surface area contributed by atoms with Crippen LogP contribution in [0.2, 0.25) is 0 Å². The Hall–Kier alpha value is -0.870. The minimum atomic E-state index is -3.42. The molecule has 0 heterocycles. The normalized spacial score (nSPS) is 27.6. The van der Waals surface area contributed by atoms with Crippen molar-refractivity contribution >= 4 is 9.84 Å². The summed E-state index contributed by atoms with van der Waals surface area (Å²) >= 11 is 0. The smallest absolute Gasteiger partial charge is 0.183 e. The molecule has 1 aliphatic carbocycles. The van der Waals surface area contributed by atoms with E-state index < -0.39 is 20.7 Å². The number of aliphatic hydroxyl groups excluding tert-OH is 1. The molecule has 0 spiro atoms. The van der Waals surface area contributed by atoms with Gasteiger partial charge >= 0.3 is 0 Å². The highest BCUT2D eigenvalue weighted by atomic mass is 32.2. The molecule has 0 saturated heterocycles. The first kappa shape index (κ1) is 16.5. The van der Waals surface area contributed by atoms with Gasteiger partial charge in [-0.2, -0.15) is 0 Å². The van der Waals surface area contributed by atoms with Crippen LogP contribution in [-0.2, 0) is 15.3 Å².